The van der Waals surface area contributed by atoms with Gasteiger partial charge in [0.1, 0.15) is 11.9 Å². The number of aryl methyl sites for hydroxylation is 2. The molecule has 3 rings (SSSR count). The Kier molecular flexibility index (Phi) is 3.78. The number of rotatable bonds is 2. The van der Waals surface area contributed by atoms with Crippen LogP contribution in [0.15, 0.2) is 6.07 Å². The van der Waals surface area contributed by atoms with Crippen molar-refractivity contribution in [2.24, 2.45) is 11.7 Å². The Bertz CT molecular complexity index is 597. The summed E-state index contributed by atoms with van der Waals surface area (Å²) in [6.45, 7) is 1.49. The molecule has 0 saturated carbocycles. The summed E-state index contributed by atoms with van der Waals surface area (Å²) in [7, 11) is 0. The van der Waals surface area contributed by atoms with Gasteiger partial charge in [-0.25, -0.2) is 4.98 Å². The first-order valence-electron chi connectivity index (χ1n) is 7.66. The largest absolute Gasteiger partial charge is 0.369 e. The standard InChI is InChI=1S/C16H20N4O/c17-10-13-9-12-3-1-2-4-14(12)19-16(13)20-7-5-11(6-8-20)15(18)21/h9,11H,1-8H2,(H2,18,21). The molecule has 1 fully saturated rings. The molecule has 2 heterocycles. The van der Waals surface area contributed by atoms with E-state index in [1.807, 2.05) is 6.07 Å². The molecule has 1 aliphatic carbocycles. The lowest BCUT2D eigenvalue weighted by Crippen LogP contribution is -2.39. The minimum atomic E-state index is -0.214. The minimum Gasteiger partial charge on any atom is -0.369 e. The van der Waals surface area contributed by atoms with Crippen molar-refractivity contribution in [3.05, 3.63) is 22.9 Å². The second kappa shape index (κ2) is 5.72. The Hall–Kier alpha value is -2.09. The van der Waals surface area contributed by atoms with Gasteiger partial charge in [0.05, 0.1) is 5.56 Å². The monoisotopic (exact) mass is 284 g/mol. The number of aromatic nitrogens is 1. The number of primary amides is 1. The van der Waals surface area contributed by atoms with Crippen LogP contribution in [0.5, 0.6) is 0 Å². The van der Waals surface area contributed by atoms with Crippen molar-refractivity contribution in [1.29, 1.82) is 5.26 Å². The molecular weight excluding hydrogens is 264 g/mol. The first-order valence-corrected chi connectivity index (χ1v) is 7.66. The van der Waals surface area contributed by atoms with Crippen molar-refractivity contribution in [1.82, 2.24) is 4.98 Å². The predicted octanol–water partition coefficient (Wildman–Crippen LogP) is 1.53. The van der Waals surface area contributed by atoms with Gasteiger partial charge in [-0.1, -0.05) is 0 Å². The molecule has 0 radical (unpaired) electrons. The van der Waals surface area contributed by atoms with Crippen molar-refractivity contribution in [2.45, 2.75) is 38.5 Å². The van der Waals surface area contributed by atoms with Gasteiger partial charge in [-0.05, 0) is 50.2 Å². The molecule has 0 spiro atoms. The number of carbonyl (C=O) groups is 1. The normalized spacial score (nSPS) is 18.9. The smallest absolute Gasteiger partial charge is 0.220 e. The molecule has 1 aliphatic heterocycles. The van der Waals surface area contributed by atoms with Gasteiger partial charge in [-0.15, -0.1) is 0 Å². The van der Waals surface area contributed by atoms with Crippen molar-refractivity contribution >= 4 is 11.7 Å². The summed E-state index contributed by atoms with van der Waals surface area (Å²) in [4.78, 5) is 18.1. The SMILES string of the molecule is N#Cc1cc2c(nc1N1CCC(C(N)=O)CC1)CCCC2. The number of nitrogens with zero attached hydrogens (tertiary/aromatic N) is 3. The third kappa shape index (κ3) is 2.71. The first kappa shape index (κ1) is 13.9. The molecule has 0 aromatic carbocycles. The van der Waals surface area contributed by atoms with Gasteiger partial charge < -0.3 is 10.6 Å². The van der Waals surface area contributed by atoms with Crippen molar-refractivity contribution in [2.75, 3.05) is 18.0 Å². The number of nitrogens with two attached hydrogens (primary N) is 1. The molecule has 5 nitrogen and oxygen atoms in total. The van der Waals surface area contributed by atoms with Crippen LogP contribution in [0.25, 0.3) is 0 Å². The molecule has 5 heteroatoms. The van der Waals surface area contributed by atoms with Gasteiger partial charge in [0.2, 0.25) is 5.91 Å². The van der Waals surface area contributed by atoms with E-state index in [0.717, 1.165) is 50.3 Å². The van der Waals surface area contributed by atoms with Crippen LogP contribution in [-0.2, 0) is 17.6 Å². The number of pyridine rings is 1. The second-order valence-corrected chi connectivity index (χ2v) is 5.95. The Labute approximate surface area is 124 Å². The number of piperidine rings is 1. The van der Waals surface area contributed by atoms with Crippen LogP contribution in [0, 0.1) is 17.2 Å². The molecule has 1 saturated heterocycles. The number of fused-ring (bicyclic) bond motifs is 1. The number of anilines is 1. The average molecular weight is 284 g/mol. The highest BCUT2D eigenvalue weighted by Gasteiger charge is 2.26. The van der Waals surface area contributed by atoms with E-state index in [2.05, 4.69) is 11.0 Å². The molecule has 0 bridgehead atoms. The van der Waals surface area contributed by atoms with Gasteiger partial charge in [-0.3, -0.25) is 4.79 Å². The summed E-state index contributed by atoms with van der Waals surface area (Å²) in [5.41, 5.74) is 8.41. The molecule has 2 N–H and O–H groups in total. The van der Waals surface area contributed by atoms with E-state index in [4.69, 9.17) is 10.7 Å². The van der Waals surface area contributed by atoms with Gasteiger partial charge >= 0.3 is 0 Å². The molecule has 1 aromatic heterocycles. The highest BCUT2D eigenvalue weighted by molar-refractivity contribution is 5.77. The van der Waals surface area contributed by atoms with Crippen molar-refractivity contribution in [3.63, 3.8) is 0 Å². The molecule has 1 amide bonds. The van der Waals surface area contributed by atoms with Gasteiger partial charge in [0.15, 0.2) is 0 Å². The Balaban J connectivity index is 1.85. The van der Waals surface area contributed by atoms with E-state index in [-0.39, 0.29) is 11.8 Å². The van der Waals surface area contributed by atoms with E-state index in [0.29, 0.717) is 5.56 Å². The molecule has 1 aromatic rings. The topological polar surface area (TPSA) is 83.0 Å². The summed E-state index contributed by atoms with van der Waals surface area (Å²) in [5.74, 6) is 0.541. The zero-order chi connectivity index (χ0) is 14.8. The van der Waals surface area contributed by atoms with Crippen LogP contribution in [-0.4, -0.2) is 24.0 Å². The minimum absolute atomic E-state index is 0.0376. The summed E-state index contributed by atoms with van der Waals surface area (Å²) in [6.07, 6.45) is 5.89. The number of hydrogen-bond donors (Lipinski definition) is 1. The van der Waals surface area contributed by atoms with Gasteiger partial charge in [-0.2, -0.15) is 5.26 Å². The molecule has 0 unspecified atom stereocenters. The maximum absolute atomic E-state index is 11.2. The molecule has 2 aliphatic rings. The zero-order valence-corrected chi connectivity index (χ0v) is 12.1. The van der Waals surface area contributed by atoms with Crippen molar-refractivity contribution < 1.29 is 4.79 Å². The lowest BCUT2D eigenvalue weighted by atomic mass is 9.93. The van der Waals surface area contributed by atoms with E-state index in [9.17, 15) is 10.1 Å². The van der Waals surface area contributed by atoms with Crippen LogP contribution in [0.4, 0.5) is 5.82 Å². The maximum atomic E-state index is 11.2. The fraction of sp³-hybridized carbons (Fsp3) is 0.562. The lowest BCUT2D eigenvalue weighted by molar-refractivity contribution is -0.122. The summed E-state index contributed by atoms with van der Waals surface area (Å²) >= 11 is 0. The van der Waals surface area contributed by atoms with Gasteiger partial charge in [0.25, 0.3) is 0 Å². The van der Waals surface area contributed by atoms with E-state index in [1.165, 1.54) is 18.4 Å². The van der Waals surface area contributed by atoms with Crippen LogP contribution < -0.4 is 10.6 Å². The maximum Gasteiger partial charge on any atom is 0.220 e. The summed E-state index contributed by atoms with van der Waals surface area (Å²) < 4.78 is 0. The molecular formula is C16H20N4O. The molecule has 0 atom stereocenters. The Morgan fingerprint density at radius 3 is 2.71 bits per heavy atom. The zero-order valence-electron chi connectivity index (χ0n) is 12.1. The third-order valence-corrected chi connectivity index (χ3v) is 4.60. The second-order valence-electron chi connectivity index (χ2n) is 5.95. The van der Waals surface area contributed by atoms with Crippen LogP contribution >= 0.6 is 0 Å². The number of amides is 1. The lowest BCUT2D eigenvalue weighted by Gasteiger charge is -2.32. The Morgan fingerprint density at radius 2 is 2.05 bits per heavy atom. The molecule has 21 heavy (non-hydrogen) atoms. The van der Waals surface area contributed by atoms with E-state index < -0.39 is 0 Å². The fourth-order valence-corrected chi connectivity index (χ4v) is 3.32. The van der Waals surface area contributed by atoms with E-state index >= 15 is 0 Å². The number of carbonyl (C=O) groups excluding carboxylic acids is 1. The predicted molar refractivity (Wildman–Crippen MR) is 79.7 cm³/mol. The highest BCUT2D eigenvalue weighted by atomic mass is 16.1. The summed E-state index contributed by atoms with van der Waals surface area (Å²) in [5, 5.41) is 9.40. The van der Waals surface area contributed by atoms with E-state index in [1.54, 1.807) is 0 Å². The summed E-state index contributed by atoms with van der Waals surface area (Å²) in [6, 6.07) is 4.29. The van der Waals surface area contributed by atoms with Crippen LogP contribution in [0.3, 0.4) is 0 Å². The highest BCUT2D eigenvalue weighted by Crippen LogP contribution is 2.29. The quantitative estimate of drug-likeness (QED) is 0.892. The first-order chi connectivity index (χ1) is 10.2. The van der Waals surface area contributed by atoms with Crippen molar-refractivity contribution in [3.8, 4) is 6.07 Å². The number of nitriles is 1. The third-order valence-electron chi connectivity index (χ3n) is 4.60. The fourth-order valence-electron chi connectivity index (χ4n) is 3.32. The molecule has 110 valence electrons. The average Bonchev–Trinajstić information content (AvgIpc) is 2.53. The van der Waals surface area contributed by atoms with Gasteiger partial charge in [0, 0.05) is 24.7 Å². The van der Waals surface area contributed by atoms with Crippen LogP contribution in [0.1, 0.15) is 42.5 Å². The Morgan fingerprint density at radius 1 is 1.33 bits per heavy atom. The number of hydrogen-bond acceptors (Lipinski definition) is 4. The van der Waals surface area contributed by atoms with Crippen LogP contribution in [0.2, 0.25) is 0 Å².